The smallest absolute Gasteiger partial charge is 0.123 e. The minimum Gasteiger partial charge on any atom is -0.392 e. The summed E-state index contributed by atoms with van der Waals surface area (Å²) in [5.41, 5.74) is 0.933. The molecule has 4 heteroatoms. The van der Waals surface area contributed by atoms with Crippen LogP contribution in [0.15, 0.2) is 36.7 Å². The van der Waals surface area contributed by atoms with Gasteiger partial charge in [0, 0.05) is 25.4 Å². The van der Waals surface area contributed by atoms with Gasteiger partial charge in [0.2, 0.25) is 0 Å². The Labute approximate surface area is 112 Å². The molecule has 1 heterocycles. The summed E-state index contributed by atoms with van der Waals surface area (Å²) in [6.45, 7) is 3.03. The predicted molar refractivity (Wildman–Crippen MR) is 72.3 cm³/mol. The molecule has 0 aliphatic heterocycles. The molecule has 3 nitrogen and oxygen atoms in total. The number of halogens is 1. The quantitative estimate of drug-likeness (QED) is 0.869. The molecule has 0 saturated heterocycles. The van der Waals surface area contributed by atoms with E-state index in [0.717, 1.165) is 24.4 Å². The molecule has 0 aliphatic carbocycles. The molecule has 0 saturated carbocycles. The third-order valence-electron chi connectivity index (χ3n) is 3.07. The van der Waals surface area contributed by atoms with Crippen molar-refractivity contribution in [3.8, 4) is 0 Å². The van der Waals surface area contributed by atoms with E-state index in [-0.39, 0.29) is 5.82 Å². The SMILES string of the molecule is CCCn1ccnc1CC(O)Cc1ccc(F)cc1. The van der Waals surface area contributed by atoms with Crippen LogP contribution in [0.5, 0.6) is 0 Å². The highest BCUT2D eigenvalue weighted by molar-refractivity contribution is 5.17. The second-order valence-corrected chi connectivity index (χ2v) is 4.73. The fraction of sp³-hybridized carbons (Fsp3) is 0.400. The normalized spacial score (nSPS) is 12.6. The zero-order valence-corrected chi connectivity index (χ0v) is 11.1. The lowest BCUT2D eigenvalue weighted by Crippen LogP contribution is -2.17. The van der Waals surface area contributed by atoms with Crippen molar-refractivity contribution in [2.45, 2.75) is 38.8 Å². The van der Waals surface area contributed by atoms with Crippen LogP contribution < -0.4 is 0 Å². The number of aliphatic hydroxyl groups is 1. The molecule has 1 N–H and O–H groups in total. The zero-order chi connectivity index (χ0) is 13.7. The molecule has 102 valence electrons. The molecule has 2 aromatic rings. The molecule has 1 unspecified atom stereocenters. The van der Waals surface area contributed by atoms with E-state index in [0.29, 0.717) is 12.8 Å². The maximum absolute atomic E-state index is 12.8. The van der Waals surface area contributed by atoms with E-state index in [1.54, 1.807) is 18.3 Å². The molecule has 2 rings (SSSR count). The van der Waals surface area contributed by atoms with Gasteiger partial charge in [-0.1, -0.05) is 19.1 Å². The number of imidazole rings is 1. The predicted octanol–water partition coefficient (Wildman–Crippen LogP) is 2.58. The van der Waals surface area contributed by atoms with E-state index in [1.807, 2.05) is 6.20 Å². The van der Waals surface area contributed by atoms with Gasteiger partial charge in [0.1, 0.15) is 11.6 Å². The van der Waals surface area contributed by atoms with Crippen LogP contribution in [-0.4, -0.2) is 20.8 Å². The maximum Gasteiger partial charge on any atom is 0.123 e. The maximum atomic E-state index is 12.8. The fourth-order valence-corrected chi connectivity index (χ4v) is 2.15. The van der Waals surface area contributed by atoms with E-state index < -0.39 is 6.10 Å². The van der Waals surface area contributed by atoms with Crippen molar-refractivity contribution >= 4 is 0 Å². The van der Waals surface area contributed by atoms with Crippen LogP contribution in [0.25, 0.3) is 0 Å². The highest BCUT2D eigenvalue weighted by Gasteiger charge is 2.11. The van der Waals surface area contributed by atoms with E-state index in [9.17, 15) is 9.50 Å². The number of aromatic nitrogens is 2. The molecule has 0 spiro atoms. The minimum atomic E-state index is -0.497. The number of aliphatic hydroxyl groups excluding tert-OH is 1. The summed E-state index contributed by atoms with van der Waals surface area (Å²) >= 11 is 0. The molecule has 0 aliphatic rings. The van der Waals surface area contributed by atoms with Crippen LogP contribution >= 0.6 is 0 Å². The topological polar surface area (TPSA) is 38.0 Å². The molecule has 19 heavy (non-hydrogen) atoms. The Bertz CT molecular complexity index is 507. The third-order valence-corrected chi connectivity index (χ3v) is 3.07. The van der Waals surface area contributed by atoms with Gasteiger partial charge in [-0.05, 0) is 30.5 Å². The largest absolute Gasteiger partial charge is 0.392 e. The van der Waals surface area contributed by atoms with Gasteiger partial charge in [0.25, 0.3) is 0 Å². The van der Waals surface area contributed by atoms with Crippen molar-refractivity contribution in [2.24, 2.45) is 0 Å². The molecule has 0 fully saturated rings. The first-order valence-electron chi connectivity index (χ1n) is 6.61. The van der Waals surface area contributed by atoms with Crippen molar-refractivity contribution < 1.29 is 9.50 Å². The van der Waals surface area contributed by atoms with Crippen LogP contribution in [0.1, 0.15) is 24.7 Å². The summed E-state index contributed by atoms with van der Waals surface area (Å²) in [6.07, 6.45) is 5.27. The fourth-order valence-electron chi connectivity index (χ4n) is 2.15. The number of rotatable bonds is 6. The Balaban J connectivity index is 1.95. The zero-order valence-electron chi connectivity index (χ0n) is 11.1. The summed E-state index contributed by atoms with van der Waals surface area (Å²) < 4.78 is 14.9. The van der Waals surface area contributed by atoms with Gasteiger partial charge in [-0.25, -0.2) is 9.37 Å². The number of aryl methyl sites for hydroxylation is 1. The van der Waals surface area contributed by atoms with Gasteiger partial charge in [-0.2, -0.15) is 0 Å². The summed E-state index contributed by atoms with van der Waals surface area (Å²) in [4.78, 5) is 4.27. The van der Waals surface area contributed by atoms with Gasteiger partial charge in [0.15, 0.2) is 0 Å². The van der Waals surface area contributed by atoms with E-state index in [1.165, 1.54) is 12.1 Å². The number of hydrogen-bond donors (Lipinski definition) is 1. The van der Waals surface area contributed by atoms with Gasteiger partial charge in [-0.3, -0.25) is 0 Å². The Morgan fingerprint density at radius 1 is 1.26 bits per heavy atom. The molecule has 0 amide bonds. The third kappa shape index (κ3) is 3.89. The first-order chi connectivity index (χ1) is 9.19. The first-order valence-corrected chi connectivity index (χ1v) is 6.61. The second-order valence-electron chi connectivity index (χ2n) is 4.73. The Morgan fingerprint density at radius 3 is 2.68 bits per heavy atom. The van der Waals surface area contributed by atoms with Crippen molar-refractivity contribution in [1.82, 2.24) is 9.55 Å². The van der Waals surface area contributed by atoms with Crippen molar-refractivity contribution in [3.05, 3.63) is 53.9 Å². The first kappa shape index (κ1) is 13.7. The van der Waals surface area contributed by atoms with Crippen LogP contribution in [0, 0.1) is 5.82 Å². The summed E-state index contributed by atoms with van der Waals surface area (Å²) in [7, 11) is 0. The van der Waals surface area contributed by atoms with Crippen LogP contribution in [0.2, 0.25) is 0 Å². The van der Waals surface area contributed by atoms with Crippen molar-refractivity contribution in [2.75, 3.05) is 0 Å². The molecule has 0 radical (unpaired) electrons. The Kier molecular flexibility index (Phi) is 4.68. The Morgan fingerprint density at radius 2 is 2.00 bits per heavy atom. The van der Waals surface area contributed by atoms with Crippen LogP contribution in [0.3, 0.4) is 0 Å². The average molecular weight is 262 g/mol. The number of hydrogen-bond acceptors (Lipinski definition) is 2. The number of nitrogens with zero attached hydrogens (tertiary/aromatic N) is 2. The molecular weight excluding hydrogens is 243 g/mol. The van der Waals surface area contributed by atoms with Crippen molar-refractivity contribution in [3.63, 3.8) is 0 Å². The molecule has 1 aromatic heterocycles. The minimum absolute atomic E-state index is 0.253. The highest BCUT2D eigenvalue weighted by Crippen LogP contribution is 2.10. The van der Waals surface area contributed by atoms with Gasteiger partial charge in [0.05, 0.1) is 6.10 Å². The van der Waals surface area contributed by atoms with Crippen molar-refractivity contribution in [1.29, 1.82) is 0 Å². The summed E-state index contributed by atoms with van der Waals surface area (Å²) in [6, 6.07) is 6.24. The number of benzene rings is 1. The highest BCUT2D eigenvalue weighted by atomic mass is 19.1. The lowest BCUT2D eigenvalue weighted by molar-refractivity contribution is 0.171. The van der Waals surface area contributed by atoms with Gasteiger partial charge >= 0.3 is 0 Å². The van der Waals surface area contributed by atoms with Crippen LogP contribution in [0.4, 0.5) is 4.39 Å². The lowest BCUT2D eigenvalue weighted by Gasteiger charge is -2.12. The second kappa shape index (κ2) is 6.48. The van der Waals surface area contributed by atoms with E-state index >= 15 is 0 Å². The molecule has 1 atom stereocenters. The summed E-state index contributed by atoms with van der Waals surface area (Å²) in [5, 5.41) is 10.1. The summed E-state index contributed by atoms with van der Waals surface area (Å²) in [5.74, 6) is 0.646. The monoisotopic (exact) mass is 262 g/mol. The molecular formula is C15H19FN2O. The van der Waals surface area contributed by atoms with Gasteiger partial charge < -0.3 is 9.67 Å². The van der Waals surface area contributed by atoms with E-state index in [2.05, 4.69) is 16.5 Å². The van der Waals surface area contributed by atoms with Gasteiger partial charge in [-0.15, -0.1) is 0 Å². The van der Waals surface area contributed by atoms with Crippen LogP contribution in [-0.2, 0) is 19.4 Å². The Hall–Kier alpha value is -1.68. The standard InChI is InChI=1S/C15H19FN2O/c1-2-8-18-9-7-17-15(18)11-14(19)10-12-3-5-13(16)6-4-12/h3-7,9,14,19H,2,8,10-11H2,1H3. The molecule has 1 aromatic carbocycles. The lowest BCUT2D eigenvalue weighted by atomic mass is 10.1. The molecule has 0 bridgehead atoms. The average Bonchev–Trinajstić information content (AvgIpc) is 2.80. The van der Waals surface area contributed by atoms with E-state index in [4.69, 9.17) is 0 Å².